The SMILES string of the molecule is Cc1cc(S(N)(=O)=O)ccc1NC(=O)C1CCOC1C. The van der Waals surface area contributed by atoms with Crippen molar-refractivity contribution >= 4 is 21.6 Å². The van der Waals surface area contributed by atoms with Crippen LogP contribution in [0.3, 0.4) is 0 Å². The van der Waals surface area contributed by atoms with Gasteiger partial charge < -0.3 is 10.1 Å². The average molecular weight is 298 g/mol. The molecule has 2 unspecified atom stereocenters. The van der Waals surface area contributed by atoms with Gasteiger partial charge >= 0.3 is 0 Å². The Bertz CT molecular complexity index is 627. The van der Waals surface area contributed by atoms with E-state index in [0.717, 1.165) is 0 Å². The summed E-state index contributed by atoms with van der Waals surface area (Å²) in [5.74, 6) is -0.284. The highest BCUT2D eigenvalue weighted by Crippen LogP contribution is 2.24. The predicted molar refractivity (Wildman–Crippen MR) is 74.7 cm³/mol. The lowest BCUT2D eigenvalue weighted by Crippen LogP contribution is -2.28. The Morgan fingerprint density at radius 2 is 2.15 bits per heavy atom. The van der Waals surface area contributed by atoms with Gasteiger partial charge in [0.25, 0.3) is 0 Å². The Labute approximate surface area is 118 Å². The van der Waals surface area contributed by atoms with Crippen molar-refractivity contribution in [3.05, 3.63) is 23.8 Å². The maximum Gasteiger partial charge on any atom is 0.238 e. The average Bonchev–Trinajstić information content (AvgIpc) is 2.76. The molecule has 0 saturated carbocycles. The Balaban J connectivity index is 2.16. The molecule has 0 spiro atoms. The fourth-order valence-corrected chi connectivity index (χ4v) is 2.85. The van der Waals surface area contributed by atoms with Crippen LogP contribution >= 0.6 is 0 Å². The summed E-state index contributed by atoms with van der Waals surface area (Å²) >= 11 is 0. The van der Waals surface area contributed by atoms with Gasteiger partial charge in [-0.1, -0.05) is 0 Å². The highest BCUT2D eigenvalue weighted by Gasteiger charge is 2.30. The second-order valence-corrected chi connectivity index (χ2v) is 6.54. The molecular weight excluding hydrogens is 280 g/mol. The minimum atomic E-state index is -3.73. The van der Waals surface area contributed by atoms with Crippen molar-refractivity contribution in [2.75, 3.05) is 11.9 Å². The highest BCUT2D eigenvalue weighted by atomic mass is 32.2. The van der Waals surface area contributed by atoms with Crippen molar-refractivity contribution in [1.29, 1.82) is 0 Å². The van der Waals surface area contributed by atoms with Crippen molar-refractivity contribution < 1.29 is 17.9 Å². The molecule has 3 N–H and O–H groups in total. The molecule has 1 aromatic rings. The quantitative estimate of drug-likeness (QED) is 0.870. The highest BCUT2D eigenvalue weighted by molar-refractivity contribution is 7.89. The number of hydrogen-bond acceptors (Lipinski definition) is 4. The number of aryl methyl sites for hydroxylation is 1. The molecule has 7 heteroatoms. The number of sulfonamides is 1. The van der Waals surface area contributed by atoms with Gasteiger partial charge in [-0.2, -0.15) is 0 Å². The fraction of sp³-hybridized carbons (Fsp3) is 0.462. The van der Waals surface area contributed by atoms with Gasteiger partial charge in [-0.3, -0.25) is 4.79 Å². The number of primary sulfonamides is 1. The first kappa shape index (κ1) is 15.0. The number of carbonyl (C=O) groups excluding carboxylic acids is 1. The first-order valence-corrected chi connectivity index (χ1v) is 7.89. The van der Waals surface area contributed by atoms with Crippen LogP contribution in [0.15, 0.2) is 23.1 Å². The molecule has 1 aromatic carbocycles. The number of nitrogens with two attached hydrogens (primary N) is 1. The second kappa shape index (κ2) is 5.51. The summed E-state index contributed by atoms with van der Waals surface area (Å²) in [5, 5.41) is 7.87. The van der Waals surface area contributed by atoms with Crippen LogP contribution in [0.25, 0.3) is 0 Å². The van der Waals surface area contributed by atoms with Gasteiger partial charge in [0.05, 0.1) is 16.9 Å². The smallest absolute Gasteiger partial charge is 0.238 e. The molecule has 1 aliphatic rings. The number of benzene rings is 1. The van der Waals surface area contributed by atoms with Crippen LogP contribution in [0.1, 0.15) is 18.9 Å². The molecule has 1 saturated heterocycles. The standard InChI is InChI=1S/C13H18N2O4S/c1-8-7-10(20(14,17)18)3-4-12(8)15-13(16)11-5-6-19-9(11)2/h3-4,7,9,11H,5-6H2,1-2H3,(H,15,16)(H2,14,17,18). The minimum Gasteiger partial charge on any atom is -0.378 e. The molecule has 1 heterocycles. The van der Waals surface area contributed by atoms with E-state index in [1.807, 2.05) is 6.92 Å². The minimum absolute atomic E-state index is 0.0329. The number of rotatable bonds is 3. The largest absolute Gasteiger partial charge is 0.378 e. The van der Waals surface area contributed by atoms with E-state index < -0.39 is 10.0 Å². The van der Waals surface area contributed by atoms with Crippen LogP contribution in [0.4, 0.5) is 5.69 Å². The topological polar surface area (TPSA) is 98.5 Å². The molecule has 0 aromatic heterocycles. The summed E-state index contributed by atoms with van der Waals surface area (Å²) < 4.78 is 27.9. The molecule has 0 radical (unpaired) electrons. The summed E-state index contributed by atoms with van der Waals surface area (Å²) in [6, 6.07) is 4.37. The first-order chi connectivity index (χ1) is 9.29. The van der Waals surface area contributed by atoms with E-state index >= 15 is 0 Å². The van der Waals surface area contributed by atoms with Gasteiger partial charge in [0, 0.05) is 12.3 Å². The molecule has 2 atom stereocenters. The second-order valence-electron chi connectivity index (χ2n) is 4.98. The lowest BCUT2D eigenvalue weighted by atomic mass is 10.0. The van der Waals surface area contributed by atoms with E-state index in [1.165, 1.54) is 12.1 Å². The number of nitrogens with one attached hydrogen (secondary N) is 1. The van der Waals surface area contributed by atoms with Crippen LogP contribution in [-0.2, 0) is 19.6 Å². The zero-order valence-corrected chi connectivity index (χ0v) is 12.2. The monoisotopic (exact) mass is 298 g/mol. The van der Waals surface area contributed by atoms with Crippen LogP contribution in [-0.4, -0.2) is 27.0 Å². The molecule has 2 rings (SSSR count). The number of anilines is 1. The van der Waals surface area contributed by atoms with Crippen LogP contribution in [0, 0.1) is 12.8 Å². The lowest BCUT2D eigenvalue weighted by Gasteiger charge is -2.15. The first-order valence-electron chi connectivity index (χ1n) is 6.35. The molecule has 1 amide bonds. The third kappa shape index (κ3) is 3.17. The number of carbonyl (C=O) groups is 1. The third-order valence-corrected chi connectivity index (χ3v) is 4.41. The van der Waals surface area contributed by atoms with Crippen LogP contribution in [0.5, 0.6) is 0 Å². The van der Waals surface area contributed by atoms with Gasteiger partial charge in [0.2, 0.25) is 15.9 Å². The van der Waals surface area contributed by atoms with E-state index in [1.54, 1.807) is 13.0 Å². The van der Waals surface area contributed by atoms with E-state index in [9.17, 15) is 13.2 Å². The Hall–Kier alpha value is -1.44. The Morgan fingerprint density at radius 3 is 2.65 bits per heavy atom. The molecule has 110 valence electrons. The molecule has 6 nitrogen and oxygen atoms in total. The van der Waals surface area contributed by atoms with Crippen molar-refractivity contribution in [3.63, 3.8) is 0 Å². The van der Waals surface area contributed by atoms with Gasteiger partial charge in [0.1, 0.15) is 0 Å². The normalized spacial score (nSPS) is 22.8. The molecular formula is C13H18N2O4S. The van der Waals surface area contributed by atoms with Crippen molar-refractivity contribution in [3.8, 4) is 0 Å². The summed E-state index contributed by atoms with van der Waals surface area (Å²) in [7, 11) is -3.73. The van der Waals surface area contributed by atoms with Crippen LogP contribution < -0.4 is 10.5 Å². The van der Waals surface area contributed by atoms with Crippen molar-refractivity contribution in [2.24, 2.45) is 11.1 Å². The molecule has 1 fully saturated rings. The number of amides is 1. The van der Waals surface area contributed by atoms with E-state index in [-0.39, 0.29) is 22.8 Å². The van der Waals surface area contributed by atoms with Gasteiger partial charge in [-0.05, 0) is 44.0 Å². The summed E-state index contributed by atoms with van der Waals surface area (Å²) in [6.07, 6.45) is 0.598. The third-order valence-electron chi connectivity index (χ3n) is 3.50. The molecule has 20 heavy (non-hydrogen) atoms. The zero-order chi connectivity index (χ0) is 14.9. The van der Waals surface area contributed by atoms with Crippen molar-refractivity contribution in [1.82, 2.24) is 0 Å². The van der Waals surface area contributed by atoms with Crippen molar-refractivity contribution in [2.45, 2.75) is 31.3 Å². The lowest BCUT2D eigenvalue weighted by molar-refractivity contribution is -0.121. The summed E-state index contributed by atoms with van der Waals surface area (Å²) in [6.45, 7) is 4.18. The molecule has 0 bridgehead atoms. The van der Waals surface area contributed by atoms with Gasteiger partial charge in [-0.15, -0.1) is 0 Å². The predicted octanol–water partition coefficient (Wildman–Crippen LogP) is 1.01. The fourth-order valence-electron chi connectivity index (χ4n) is 2.25. The Morgan fingerprint density at radius 1 is 1.45 bits per heavy atom. The maximum absolute atomic E-state index is 12.1. The van der Waals surface area contributed by atoms with E-state index in [0.29, 0.717) is 24.3 Å². The van der Waals surface area contributed by atoms with E-state index in [4.69, 9.17) is 9.88 Å². The molecule has 0 aliphatic carbocycles. The van der Waals surface area contributed by atoms with Gasteiger partial charge in [-0.25, -0.2) is 13.6 Å². The summed E-state index contributed by atoms with van der Waals surface area (Å²) in [5.41, 5.74) is 1.23. The maximum atomic E-state index is 12.1. The summed E-state index contributed by atoms with van der Waals surface area (Å²) in [4.78, 5) is 12.2. The van der Waals surface area contributed by atoms with Crippen LogP contribution in [0.2, 0.25) is 0 Å². The Kier molecular flexibility index (Phi) is 4.12. The van der Waals surface area contributed by atoms with Gasteiger partial charge in [0.15, 0.2) is 0 Å². The number of hydrogen-bond donors (Lipinski definition) is 2. The van der Waals surface area contributed by atoms with E-state index in [2.05, 4.69) is 5.32 Å². The molecule has 1 aliphatic heterocycles. The number of ether oxygens (including phenoxy) is 1. The zero-order valence-electron chi connectivity index (χ0n) is 11.4.